The van der Waals surface area contributed by atoms with Crippen molar-refractivity contribution in [1.82, 2.24) is 10.0 Å². The summed E-state index contributed by atoms with van der Waals surface area (Å²) in [6.07, 6.45) is 2.01. The molecule has 0 unspecified atom stereocenters. The Labute approximate surface area is 156 Å². The predicted molar refractivity (Wildman–Crippen MR) is 104 cm³/mol. The molecule has 0 saturated heterocycles. The van der Waals surface area contributed by atoms with Gasteiger partial charge < -0.3 is 18.8 Å². The van der Waals surface area contributed by atoms with Gasteiger partial charge in [-0.3, -0.25) is 10.7 Å². The molecule has 136 valence electrons. The maximum atomic E-state index is 9.04. The van der Waals surface area contributed by atoms with Crippen molar-refractivity contribution in [2.45, 2.75) is 6.54 Å². The van der Waals surface area contributed by atoms with Gasteiger partial charge in [0.1, 0.15) is 4.99 Å². The van der Waals surface area contributed by atoms with E-state index in [1.165, 1.54) is 0 Å². The maximum Gasteiger partial charge on any atom is 0.203 e. The third-order valence-electron chi connectivity index (χ3n) is 4.22. The molecular weight excluding hydrogens is 352 g/mol. The highest BCUT2D eigenvalue weighted by Crippen LogP contribution is 2.38. The fourth-order valence-corrected chi connectivity index (χ4v) is 3.08. The van der Waals surface area contributed by atoms with Gasteiger partial charge in [0.05, 0.1) is 21.3 Å². The molecule has 0 aliphatic carbocycles. The van der Waals surface area contributed by atoms with Gasteiger partial charge in [0, 0.05) is 23.8 Å². The highest BCUT2D eigenvalue weighted by atomic mass is 32.1. The molecule has 6 nitrogen and oxygen atoms in total. The smallest absolute Gasteiger partial charge is 0.203 e. The Morgan fingerprint density at radius 1 is 1.04 bits per heavy atom. The molecule has 0 aliphatic heterocycles. The van der Waals surface area contributed by atoms with Crippen molar-refractivity contribution in [3.8, 4) is 17.2 Å². The second-order valence-corrected chi connectivity index (χ2v) is 6.10. The first-order chi connectivity index (χ1) is 12.6. The van der Waals surface area contributed by atoms with E-state index in [-0.39, 0.29) is 4.99 Å². The van der Waals surface area contributed by atoms with Crippen molar-refractivity contribution < 1.29 is 19.4 Å². The highest BCUT2D eigenvalue weighted by molar-refractivity contribution is 7.80. The summed E-state index contributed by atoms with van der Waals surface area (Å²) in [5.74, 6) is 1.80. The number of methoxy groups -OCH3 is 3. The zero-order valence-electron chi connectivity index (χ0n) is 14.8. The average molecular weight is 372 g/mol. The summed E-state index contributed by atoms with van der Waals surface area (Å²) in [6.45, 7) is 0.614. The van der Waals surface area contributed by atoms with Crippen LogP contribution in [0.5, 0.6) is 17.2 Å². The van der Waals surface area contributed by atoms with Crippen LogP contribution in [0.4, 0.5) is 0 Å². The van der Waals surface area contributed by atoms with Crippen LogP contribution in [0.3, 0.4) is 0 Å². The lowest BCUT2D eigenvalue weighted by Crippen LogP contribution is -2.17. The van der Waals surface area contributed by atoms with Gasteiger partial charge >= 0.3 is 0 Å². The van der Waals surface area contributed by atoms with Gasteiger partial charge in [-0.1, -0.05) is 24.4 Å². The van der Waals surface area contributed by atoms with Crippen molar-refractivity contribution in [2.24, 2.45) is 0 Å². The predicted octanol–water partition coefficient (Wildman–Crippen LogP) is 3.37. The zero-order chi connectivity index (χ0) is 18.7. The number of hydrogen-bond acceptors (Lipinski definition) is 5. The number of benzene rings is 2. The van der Waals surface area contributed by atoms with E-state index in [4.69, 9.17) is 31.6 Å². The molecule has 3 aromatic rings. The molecule has 1 aromatic heterocycles. The number of hydroxylamine groups is 1. The molecule has 3 rings (SSSR count). The molecule has 0 amide bonds. The van der Waals surface area contributed by atoms with E-state index in [0.717, 1.165) is 22.0 Å². The molecule has 26 heavy (non-hydrogen) atoms. The Balaban J connectivity index is 2.02. The molecule has 0 spiro atoms. The summed E-state index contributed by atoms with van der Waals surface area (Å²) in [7, 11) is 4.78. The summed E-state index contributed by atoms with van der Waals surface area (Å²) in [6, 6.07) is 11.7. The third-order valence-corrected chi connectivity index (χ3v) is 4.54. The fourth-order valence-electron chi connectivity index (χ4n) is 2.95. The first-order valence-electron chi connectivity index (χ1n) is 7.93. The van der Waals surface area contributed by atoms with Crippen molar-refractivity contribution in [3.63, 3.8) is 0 Å². The van der Waals surface area contributed by atoms with Gasteiger partial charge in [0.25, 0.3) is 0 Å². The Morgan fingerprint density at radius 3 is 2.31 bits per heavy atom. The molecule has 0 radical (unpaired) electrons. The number of fused-ring (bicyclic) bond motifs is 1. The minimum Gasteiger partial charge on any atom is -0.493 e. The van der Waals surface area contributed by atoms with Gasteiger partial charge in [0.15, 0.2) is 11.5 Å². The van der Waals surface area contributed by atoms with Crippen LogP contribution in [0.25, 0.3) is 10.9 Å². The van der Waals surface area contributed by atoms with E-state index in [2.05, 4.69) is 4.57 Å². The summed E-state index contributed by atoms with van der Waals surface area (Å²) in [5, 5.41) is 10.1. The van der Waals surface area contributed by atoms with Crippen LogP contribution in [-0.4, -0.2) is 36.1 Å². The Morgan fingerprint density at radius 2 is 1.73 bits per heavy atom. The largest absolute Gasteiger partial charge is 0.493 e. The van der Waals surface area contributed by atoms with Crippen LogP contribution in [0.15, 0.2) is 42.6 Å². The second kappa shape index (κ2) is 7.63. The molecule has 0 atom stereocenters. The molecule has 2 N–H and O–H groups in total. The van der Waals surface area contributed by atoms with E-state index < -0.39 is 0 Å². The average Bonchev–Trinajstić information content (AvgIpc) is 3.08. The van der Waals surface area contributed by atoms with Crippen LogP contribution in [-0.2, 0) is 6.54 Å². The van der Waals surface area contributed by atoms with Crippen LogP contribution < -0.4 is 19.7 Å². The SMILES string of the molecule is COc1cc(Cn2ccc3ccc(C(=S)NO)cc32)cc(OC)c1OC. The molecule has 7 heteroatoms. The van der Waals surface area contributed by atoms with Crippen LogP contribution >= 0.6 is 12.2 Å². The Hall–Kier alpha value is -2.77. The van der Waals surface area contributed by atoms with Gasteiger partial charge in [-0.05, 0) is 35.2 Å². The summed E-state index contributed by atoms with van der Waals surface area (Å²) in [5.41, 5.74) is 4.79. The quantitative estimate of drug-likeness (QED) is 0.511. The van der Waals surface area contributed by atoms with E-state index >= 15 is 0 Å². The van der Waals surface area contributed by atoms with Crippen LogP contribution in [0.1, 0.15) is 11.1 Å². The highest BCUT2D eigenvalue weighted by Gasteiger charge is 2.14. The van der Waals surface area contributed by atoms with Gasteiger partial charge in [-0.2, -0.15) is 0 Å². The number of thiocarbonyl (C=S) groups is 1. The topological polar surface area (TPSA) is 64.9 Å². The lowest BCUT2D eigenvalue weighted by Gasteiger charge is -2.15. The lowest BCUT2D eigenvalue weighted by atomic mass is 10.1. The van der Waals surface area contributed by atoms with E-state index in [0.29, 0.717) is 23.8 Å². The number of aromatic nitrogens is 1. The third kappa shape index (κ3) is 3.31. The van der Waals surface area contributed by atoms with Crippen LogP contribution in [0, 0.1) is 0 Å². The summed E-state index contributed by atoms with van der Waals surface area (Å²) >= 11 is 5.11. The van der Waals surface area contributed by atoms with E-state index in [1.807, 2.05) is 48.1 Å². The van der Waals surface area contributed by atoms with Gasteiger partial charge in [-0.25, -0.2) is 0 Å². The van der Waals surface area contributed by atoms with E-state index in [9.17, 15) is 0 Å². The van der Waals surface area contributed by atoms with Crippen molar-refractivity contribution >= 4 is 28.1 Å². The molecule has 0 aliphatic rings. The standard InChI is InChI=1S/C19H20N2O4S/c1-23-16-8-12(9-17(24-2)18(16)25-3)11-21-7-6-13-4-5-14(10-15(13)21)19(26)20-22/h4-10,22H,11H2,1-3H3,(H,20,26). The fraction of sp³-hybridized carbons (Fsp3) is 0.211. The van der Waals surface area contributed by atoms with Crippen molar-refractivity contribution in [2.75, 3.05) is 21.3 Å². The second-order valence-electron chi connectivity index (χ2n) is 5.69. The minimum atomic E-state index is 0.285. The molecule has 0 bridgehead atoms. The number of ether oxygens (including phenoxy) is 3. The van der Waals surface area contributed by atoms with E-state index in [1.54, 1.807) is 21.3 Å². The number of nitrogens with one attached hydrogen (secondary N) is 1. The zero-order valence-corrected chi connectivity index (χ0v) is 15.6. The molecule has 0 fully saturated rings. The first-order valence-corrected chi connectivity index (χ1v) is 8.34. The molecule has 0 saturated carbocycles. The summed E-state index contributed by atoms with van der Waals surface area (Å²) < 4.78 is 18.3. The maximum absolute atomic E-state index is 9.04. The summed E-state index contributed by atoms with van der Waals surface area (Å²) in [4.78, 5) is 0.285. The van der Waals surface area contributed by atoms with Crippen LogP contribution in [0.2, 0.25) is 0 Å². The molecular formula is C19H20N2O4S. The van der Waals surface area contributed by atoms with Crippen molar-refractivity contribution in [3.05, 3.63) is 53.7 Å². The number of rotatable bonds is 6. The van der Waals surface area contributed by atoms with Crippen molar-refractivity contribution in [1.29, 1.82) is 0 Å². The Kier molecular flexibility index (Phi) is 5.29. The minimum absolute atomic E-state index is 0.285. The normalized spacial score (nSPS) is 10.6. The van der Waals surface area contributed by atoms with Gasteiger partial charge in [-0.15, -0.1) is 0 Å². The lowest BCUT2D eigenvalue weighted by molar-refractivity contribution is 0.238. The monoisotopic (exact) mass is 372 g/mol. The molecule has 1 heterocycles. The Bertz CT molecular complexity index is 927. The first kappa shape index (κ1) is 18.0. The number of nitrogens with zero attached hydrogens (tertiary/aromatic N) is 1. The van der Waals surface area contributed by atoms with Gasteiger partial charge in [0.2, 0.25) is 5.75 Å². The number of hydrogen-bond donors (Lipinski definition) is 2. The molecule has 2 aromatic carbocycles.